The van der Waals surface area contributed by atoms with Crippen LogP contribution >= 0.6 is 47.0 Å². The Kier molecular flexibility index (Phi) is 9.53. The van der Waals surface area contributed by atoms with Gasteiger partial charge in [-0.1, -0.05) is 54.6 Å². The van der Waals surface area contributed by atoms with E-state index in [0.717, 1.165) is 19.3 Å². The molecule has 1 amide bonds. The maximum atomic E-state index is 12.0. The lowest BCUT2D eigenvalue weighted by atomic mass is 10.2. The summed E-state index contributed by atoms with van der Waals surface area (Å²) >= 11 is 22.9. The van der Waals surface area contributed by atoms with E-state index in [0.29, 0.717) is 12.1 Å². The largest absolute Gasteiger partial charge is 0.339 e. The molecule has 0 aliphatic carbocycles. The van der Waals surface area contributed by atoms with Crippen molar-refractivity contribution in [2.45, 2.75) is 47.5 Å². The van der Waals surface area contributed by atoms with Gasteiger partial charge in [0.15, 0.2) is 5.11 Å². The van der Waals surface area contributed by atoms with E-state index in [9.17, 15) is 13.2 Å². The van der Waals surface area contributed by atoms with Crippen molar-refractivity contribution in [2.75, 3.05) is 5.32 Å². The van der Waals surface area contributed by atoms with Crippen LogP contribution in [0.5, 0.6) is 0 Å². The van der Waals surface area contributed by atoms with Crippen LogP contribution < -0.4 is 21.1 Å². The van der Waals surface area contributed by atoms with Gasteiger partial charge < -0.3 is 16.0 Å². The summed E-state index contributed by atoms with van der Waals surface area (Å²) in [6.07, 6.45) is 1.89. The van der Waals surface area contributed by atoms with E-state index in [1.807, 2.05) is 6.92 Å². The molecule has 27 heavy (non-hydrogen) atoms. The minimum atomic E-state index is -3.79. The normalized spacial score (nSPS) is 12.9. The number of thiocarbonyl (C=S) groups is 1. The number of rotatable bonds is 8. The fourth-order valence-corrected chi connectivity index (χ4v) is 3.07. The summed E-state index contributed by atoms with van der Waals surface area (Å²) in [5.41, 5.74) is 0.484. The van der Waals surface area contributed by atoms with Crippen molar-refractivity contribution in [3.8, 4) is 0 Å². The van der Waals surface area contributed by atoms with Crippen LogP contribution in [0.15, 0.2) is 29.2 Å². The molecule has 1 rings (SSSR count). The number of nitrogens with two attached hydrogens (primary N) is 1. The van der Waals surface area contributed by atoms with Crippen LogP contribution in [-0.4, -0.2) is 29.4 Å². The van der Waals surface area contributed by atoms with Gasteiger partial charge in [-0.05, 0) is 42.9 Å². The average Bonchev–Trinajstić information content (AvgIpc) is 2.53. The molecule has 0 spiro atoms. The van der Waals surface area contributed by atoms with Gasteiger partial charge in [0.25, 0.3) is 0 Å². The molecular weight excluding hydrogens is 455 g/mol. The quantitative estimate of drug-likeness (QED) is 0.199. The fraction of sp³-hybridized carbons (Fsp3) is 0.467. The smallest absolute Gasteiger partial charge is 0.238 e. The fourth-order valence-electron chi connectivity index (χ4n) is 1.99. The Morgan fingerprint density at radius 1 is 1.19 bits per heavy atom. The van der Waals surface area contributed by atoms with Gasteiger partial charge in [-0.25, -0.2) is 13.6 Å². The van der Waals surface area contributed by atoms with Crippen LogP contribution in [-0.2, 0) is 14.8 Å². The number of unbranched alkanes of at least 4 members (excludes halogenated alkanes) is 2. The minimum absolute atomic E-state index is 0.0366. The summed E-state index contributed by atoms with van der Waals surface area (Å²) in [5, 5.41) is 13.2. The molecule has 7 nitrogen and oxygen atoms in total. The van der Waals surface area contributed by atoms with Gasteiger partial charge in [0, 0.05) is 12.1 Å². The Hall–Kier alpha value is -0.840. The Morgan fingerprint density at radius 2 is 1.78 bits per heavy atom. The zero-order valence-corrected chi connectivity index (χ0v) is 18.4. The molecule has 1 aromatic carbocycles. The summed E-state index contributed by atoms with van der Waals surface area (Å²) in [4.78, 5) is 12.0. The third-order valence-corrected chi connectivity index (χ3v) is 5.16. The molecule has 12 heteroatoms. The van der Waals surface area contributed by atoms with Gasteiger partial charge >= 0.3 is 0 Å². The van der Waals surface area contributed by atoms with E-state index in [1.54, 1.807) is 0 Å². The van der Waals surface area contributed by atoms with Crippen molar-refractivity contribution >= 4 is 73.8 Å². The van der Waals surface area contributed by atoms with E-state index < -0.39 is 20.0 Å². The lowest BCUT2D eigenvalue weighted by molar-refractivity contribution is -0.122. The Balaban J connectivity index is 2.70. The molecule has 0 bridgehead atoms. The van der Waals surface area contributed by atoms with E-state index in [2.05, 4.69) is 16.0 Å². The number of hydrogen-bond donors (Lipinski definition) is 4. The second-order valence-electron chi connectivity index (χ2n) is 5.67. The van der Waals surface area contributed by atoms with Crippen molar-refractivity contribution in [1.82, 2.24) is 10.6 Å². The van der Waals surface area contributed by atoms with Gasteiger partial charge in [0.1, 0.15) is 6.17 Å². The Morgan fingerprint density at radius 3 is 2.26 bits per heavy atom. The van der Waals surface area contributed by atoms with Gasteiger partial charge in [-0.15, -0.1) is 0 Å². The number of alkyl halides is 3. The van der Waals surface area contributed by atoms with E-state index in [-0.39, 0.29) is 15.9 Å². The number of carbonyl (C=O) groups excluding carboxylic acids is 1. The Bertz CT molecular complexity index is 753. The first kappa shape index (κ1) is 24.2. The topological polar surface area (TPSA) is 113 Å². The molecule has 1 atom stereocenters. The molecule has 0 heterocycles. The molecular formula is C15H21Cl3N4O3S2. The van der Waals surface area contributed by atoms with Crippen molar-refractivity contribution in [3.05, 3.63) is 24.3 Å². The molecule has 0 radical (unpaired) electrons. The number of nitrogens with one attached hydrogen (secondary N) is 3. The molecule has 0 saturated carbocycles. The van der Waals surface area contributed by atoms with E-state index in [4.69, 9.17) is 52.2 Å². The van der Waals surface area contributed by atoms with Crippen molar-refractivity contribution < 1.29 is 13.2 Å². The van der Waals surface area contributed by atoms with Crippen molar-refractivity contribution in [1.29, 1.82) is 0 Å². The molecule has 152 valence electrons. The second-order valence-corrected chi connectivity index (χ2v) is 10.0. The second kappa shape index (κ2) is 10.6. The zero-order valence-electron chi connectivity index (χ0n) is 14.5. The highest BCUT2D eigenvalue weighted by atomic mass is 35.6. The number of primary sulfonamides is 1. The number of carbonyl (C=O) groups is 1. The highest BCUT2D eigenvalue weighted by Gasteiger charge is 2.34. The van der Waals surface area contributed by atoms with Gasteiger partial charge in [0.2, 0.25) is 19.7 Å². The Labute approximate surface area is 179 Å². The third-order valence-electron chi connectivity index (χ3n) is 3.36. The average molecular weight is 476 g/mol. The summed E-state index contributed by atoms with van der Waals surface area (Å²) < 4.78 is 20.7. The number of amides is 1. The SMILES string of the molecule is CCCCCC(=O)N[C@H](NC(=S)Nc1ccc(S(N)(=O)=O)cc1)C(Cl)(Cl)Cl. The minimum Gasteiger partial charge on any atom is -0.339 e. The number of benzene rings is 1. The van der Waals surface area contributed by atoms with Crippen LogP contribution in [0.1, 0.15) is 32.6 Å². The molecule has 5 N–H and O–H groups in total. The molecule has 0 aliphatic heterocycles. The predicted octanol–water partition coefficient (Wildman–Crippen LogP) is 3.01. The third kappa shape index (κ3) is 9.27. The number of anilines is 1. The van der Waals surface area contributed by atoms with Crippen LogP contribution in [0.3, 0.4) is 0 Å². The molecule has 0 fully saturated rings. The molecule has 0 saturated heterocycles. The first-order chi connectivity index (χ1) is 12.4. The molecule has 0 aliphatic rings. The lowest BCUT2D eigenvalue weighted by Gasteiger charge is -2.27. The van der Waals surface area contributed by atoms with Crippen molar-refractivity contribution in [3.63, 3.8) is 0 Å². The maximum Gasteiger partial charge on any atom is 0.238 e. The number of halogens is 3. The van der Waals surface area contributed by atoms with Gasteiger partial charge in [0.05, 0.1) is 4.90 Å². The lowest BCUT2D eigenvalue weighted by Crippen LogP contribution is -2.56. The van der Waals surface area contributed by atoms with Crippen molar-refractivity contribution in [2.24, 2.45) is 5.14 Å². The predicted molar refractivity (Wildman–Crippen MR) is 114 cm³/mol. The van der Waals surface area contributed by atoms with Gasteiger partial charge in [-0.3, -0.25) is 4.79 Å². The van der Waals surface area contributed by atoms with Crippen LogP contribution in [0.2, 0.25) is 0 Å². The van der Waals surface area contributed by atoms with Crippen LogP contribution in [0.4, 0.5) is 5.69 Å². The highest BCUT2D eigenvalue weighted by molar-refractivity contribution is 7.89. The van der Waals surface area contributed by atoms with Crippen LogP contribution in [0.25, 0.3) is 0 Å². The summed E-state index contributed by atoms with van der Waals surface area (Å²) in [6, 6.07) is 5.59. The van der Waals surface area contributed by atoms with E-state index >= 15 is 0 Å². The molecule has 0 unspecified atom stereocenters. The van der Waals surface area contributed by atoms with E-state index in [1.165, 1.54) is 24.3 Å². The first-order valence-corrected chi connectivity index (χ1v) is 11.1. The molecule has 0 aromatic heterocycles. The number of hydrogen-bond acceptors (Lipinski definition) is 4. The summed E-state index contributed by atoms with van der Waals surface area (Å²) in [7, 11) is -3.79. The number of sulfonamides is 1. The standard InChI is InChI=1S/C15H21Cl3N4O3S2/c1-2-3-4-5-12(23)21-13(15(16,17)18)22-14(26)20-10-6-8-11(9-7-10)27(19,24)25/h6-9,13H,2-5H2,1H3,(H,21,23)(H2,19,24,25)(H2,20,22,26)/t13-/m1/s1. The summed E-state index contributed by atoms with van der Waals surface area (Å²) in [5.74, 6) is -0.271. The van der Waals surface area contributed by atoms with Crippen LogP contribution in [0, 0.1) is 0 Å². The molecule has 1 aromatic rings. The first-order valence-electron chi connectivity index (χ1n) is 8.00. The maximum absolute atomic E-state index is 12.0. The zero-order chi connectivity index (χ0) is 20.7. The summed E-state index contributed by atoms with van der Waals surface area (Å²) in [6.45, 7) is 2.03. The monoisotopic (exact) mass is 474 g/mol. The highest BCUT2D eigenvalue weighted by Crippen LogP contribution is 2.29. The van der Waals surface area contributed by atoms with Gasteiger partial charge in [-0.2, -0.15) is 0 Å².